The van der Waals surface area contributed by atoms with E-state index >= 15 is 0 Å². The van der Waals surface area contributed by atoms with Crippen LogP contribution < -0.4 is 15.0 Å². The highest BCUT2D eigenvalue weighted by Crippen LogP contribution is 2.31. The van der Waals surface area contributed by atoms with Gasteiger partial charge in [-0.2, -0.15) is 9.61 Å². The first-order valence-electron chi connectivity index (χ1n) is 11.8. The lowest BCUT2D eigenvalue weighted by Crippen LogP contribution is -2.37. The highest BCUT2D eigenvalue weighted by Gasteiger charge is 2.20. The number of anilines is 1. The summed E-state index contributed by atoms with van der Waals surface area (Å²) in [4.78, 5) is 7.36. The molecule has 33 heavy (non-hydrogen) atoms. The van der Waals surface area contributed by atoms with Crippen molar-refractivity contribution in [1.82, 2.24) is 19.9 Å². The summed E-state index contributed by atoms with van der Waals surface area (Å²) in [6.45, 7) is 10.2. The molecule has 2 aromatic heterocycles. The van der Waals surface area contributed by atoms with Crippen LogP contribution in [0.2, 0.25) is 0 Å². The summed E-state index contributed by atoms with van der Waals surface area (Å²) in [7, 11) is 1.81. The number of hydrogen-bond acceptors (Lipinski definition) is 7. The Bertz CT molecular complexity index is 1080. The van der Waals surface area contributed by atoms with Crippen LogP contribution >= 0.6 is 0 Å². The van der Waals surface area contributed by atoms with Gasteiger partial charge in [0.1, 0.15) is 24.3 Å². The van der Waals surface area contributed by atoms with Crippen molar-refractivity contribution in [3.05, 3.63) is 41.6 Å². The number of aliphatic hydroxyl groups is 1. The topological polar surface area (TPSA) is 84.2 Å². The van der Waals surface area contributed by atoms with E-state index in [2.05, 4.69) is 48.2 Å². The average molecular weight is 454 g/mol. The van der Waals surface area contributed by atoms with Gasteiger partial charge >= 0.3 is 0 Å². The van der Waals surface area contributed by atoms with E-state index in [-0.39, 0.29) is 6.61 Å². The number of morpholine rings is 1. The molecule has 2 N–H and O–H groups in total. The largest absolute Gasteiger partial charge is 0.491 e. The summed E-state index contributed by atoms with van der Waals surface area (Å²) in [5.74, 6) is 2.09. The maximum atomic E-state index is 10.1. The second-order valence-electron chi connectivity index (χ2n) is 8.83. The van der Waals surface area contributed by atoms with Gasteiger partial charge in [0.2, 0.25) is 0 Å². The average Bonchev–Trinajstić information content (AvgIpc) is 3.27. The Hall–Kier alpha value is -2.68. The van der Waals surface area contributed by atoms with Gasteiger partial charge < -0.3 is 24.8 Å². The number of nitrogens with one attached hydrogen (secondary N) is 1. The molecule has 8 heteroatoms. The minimum atomic E-state index is -0.563. The van der Waals surface area contributed by atoms with Crippen molar-refractivity contribution in [1.29, 1.82) is 0 Å². The van der Waals surface area contributed by atoms with E-state index in [1.165, 1.54) is 0 Å². The fraction of sp³-hybridized carbons (Fsp3) is 0.520. The molecule has 0 aliphatic carbocycles. The third-order valence-corrected chi connectivity index (χ3v) is 5.99. The molecule has 0 bridgehead atoms. The Morgan fingerprint density at radius 1 is 1.18 bits per heavy atom. The van der Waals surface area contributed by atoms with Gasteiger partial charge in [-0.3, -0.25) is 0 Å². The van der Waals surface area contributed by atoms with Crippen LogP contribution in [0, 0.1) is 0 Å². The van der Waals surface area contributed by atoms with Gasteiger partial charge in [0.25, 0.3) is 0 Å². The van der Waals surface area contributed by atoms with Crippen molar-refractivity contribution in [2.45, 2.75) is 39.2 Å². The standard InChI is InChI=1S/C25H35N5O3/c1-5-18-10-19(12-21(11-18)33-16-20(31)14-26-4)23-13-24(29-6-8-32-9-7-29)30-25(28-23)22(15-27-30)17(2)3/h10-13,15,17,20,26,31H,5-9,14,16H2,1-4H3. The molecular weight excluding hydrogens is 418 g/mol. The second kappa shape index (κ2) is 10.5. The van der Waals surface area contributed by atoms with E-state index in [4.69, 9.17) is 14.5 Å². The molecular formula is C25H35N5O3. The van der Waals surface area contributed by atoms with E-state index in [0.29, 0.717) is 25.7 Å². The van der Waals surface area contributed by atoms with Crippen molar-refractivity contribution in [2.24, 2.45) is 0 Å². The number of rotatable bonds is 9. The zero-order chi connectivity index (χ0) is 23.4. The van der Waals surface area contributed by atoms with Crippen LogP contribution in [-0.2, 0) is 11.2 Å². The zero-order valence-electron chi connectivity index (χ0n) is 20.0. The number of aromatic nitrogens is 3. The van der Waals surface area contributed by atoms with Crippen LogP contribution in [0.1, 0.15) is 37.8 Å². The summed E-state index contributed by atoms with van der Waals surface area (Å²) >= 11 is 0. The summed E-state index contributed by atoms with van der Waals surface area (Å²) < 4.78 is 13.5. The van der Waals surface area contributed by atoms with Gasteiger partial charge in [0.05, 0.1) is 25.1 Å². The number of aliphatic hydroxyl groups excluding tert-OH is 1. The van der Waals surface area contributed by atoms with Crippen LogP contribution in [0.15, 0.2) is 30.5 Å². The summed E-state index contributed by atoms with van der Waals surface area (Å²) in [5.41, 5.74) is 5.07. The maximum absolute atomic E-state index is 10.1. The third kappa shape index (κ3) is 5.29. The molecule has 0 amide bonds. The first kappa shape index (κ1) is 23.5. The van der Waals surface area contributed by atoms with Crippen LogP contribution in [0.5, 0.6) is 5.75 Å². The highest BCUT2D eigenvalue weighted by atomic mass is 16.5. The summed E-state index contributed by atoms with van der Waals surface area (Å²) in [6.07, 6.45) is 2.25. The maximum Gasteiger partial charge on any atom is 0.161 e. The molecule has 1 aliphatic rings. The fourth-order valence-electron chi connectivity index (χ4n) is 4.12. The molecule has 1 aromatic carbocycles. The summed E-state index contributed by atoms with van der Waals surface area (Å²) in [6, 6.07) is 8.34. The van der Waals surface area contributed by atoms with Gasteiger partial charge in [-0.05, 0) is 43.1 Å². The normalized spacial score (nSPS) is 15.4. The van der Waals surface area contributed by atoms with Gasteiger partial charge in [0.15, 0.2) is 5.65 Å². The lowest BCUT2D eigenvalue weighted by atomic mass is 10.0. The molecule has 178 valence electrons. The van der Waals surface area contributed by atoms with Crippen molar-refractivity contribution in [3.8, 4) is 17.0 Å². The minimum absolute atomic E-state index is 0.235. The van der Waals surface area contributed by atoms with Crippen molar-refractivity contribution >= 4 is 11.5 Å². The number of ether oxygens (including phenoxy) is 2. The number of likely N-dealkylation sites (N-methyl/N-ethyl adjacent to an activating group) is 1. The van der Waals surface area contributed by atoms with Gasteiger partial charge in [0, 0.05) is 36.8 Å². The van der Waals surface area contributed by atoms with Gasteiger partial charge in [-0.25, -0.2) is 4.98 Å². The Labute approximate surface area is 195 Å². The number of nitrogens with zero attached hydrogens (tertiary/aromatic N) is 4. The van der Waals surface area contributed by atoms with E-state index in [0.717, 1.165) is 59.1 Å². The molecule has 0 saturated carbocycles. The Balaban J connectivity index is 1.78. The van der Waals surface area contributed by atoms with Crippen LogP contribution in [-0.4, -0.2) is 72.3 Å². The van der Waals surface area contributed by atoms with Crippen molar-refractivity contribution < 1.29 is 14.6 Å². The number of aryl methyl sites for hydroxylation is 1. The van der Waals surface area contributed by atoms with E-state index in [9.17, 15) is 5.11 Å². The predicted octanol–water partition coefficient (Wildman–Crippen LogP) is 2.88. The predicted molar refractivity (Wildman–Crippen MR) is 130 cm³/mol. The second-order valence-corrected chi connectivity index (χ2v) is 8.83. The number of hydrogen-bond donors (Lipinski definition) is 2. The highest BCUT2D eigenvalue weighted by molar-refractivity contribution is 5.70. The van der Waals surface area contributed by atoms with E-state index < -0.39 is 6.10 Å². The van der Waals surface area contributed by atoms with E-state index in [1.807, 2.05) is 29.9 Å². The Morgan fingerprint density at radius 3 is 2.67 bits per heavy atom. The molecule has 4 rings (SSSR count). The first-order valence-corrected chi connectivity index (χ1v) is 11.8. The Morgan fingerprint density at radius 2 is 1.97 bits per heavy atom. The number of fused-ring (bicyclic) bond motifs is 1. The van der Waals surface area contributed by atoms with E-state index in [1.54, 1.807) is 0 Å². The molecule has 0 radical (unpaired) electrons. The fourth-order valence-corrected chi connectivity index (χ4v) is 4.12. The Kier molecular flexibility index (Phi) is 7.47. The van der Waals surface area contributed by atoms with Crippen LogP contribution in [0.3, 0.4) is 0 Å². The molecule has 1 fully saturated rings. The quantitative estimate of drug-likeness (QED) is 0.515. The smallest absolute Gasteiger partial charge is 0.161 e. The molecule has 3 aromatic rings. The minimum Gasteiger partial charge on any atom is -0.491 e. The zero-order valence-corrected chi connectivity index (χ0v) is 20.0. The van der Waals surface area contributed by atoms with Crippen LogP contribution in [0.4, 0.5) is 5.82 Å². The van der Waals surface area contributed by atoms with Crippen molar-refractivity contribution in [2.75, 3.05) is 51.4 Å². The number of benzene rings is 1. The van der Waals surface area contributed by atoms with Gasteiger partial charge in [-0.15, -0.1) is 0 Å². The van der Waals surface area contributed by atoms with Gasteiger partial charge in [-0.1, -0.05) is 20.8 Å². The molecule has 3 heterocycles. The summed E-state index contributed by atoms with van der Waals surface area (Å²) in [5, 5.41) is 17.7. The first-order chi connectivity index (χ1) is 16.0. The lowest BCUT2D eigenvalue weighted by molar-refractivity contribution is 0.108. The monoisotopic (exact) mass is 453 g/mol. The molecule has 1 unspecified atom stereocenters. The van der Waals surface area contributed by atoms with Crippen LogP contribution in [0.25, 0.3) is 16.9 Å². The third-order valence-electron chi connectivity index (χ3n) is 5.99. The molecule has 0 spiro atoms. The lowest BCUT2D eigenvalue weighted by Gasteiger charge is -2.29. The molecule has 8 nitrogen and oxygen atoms in total. The molecule has 1 saturated heterocycles. The SMILES string of the molecule is CCc1cc(OCC(O)CNC)cc(-c2cc(N3CCOCC3)n3ncc(C(C)C)c3n2)c1. The molecule has 1 aliphatic heterocycles. The molecule has 1 atom stereocenters. The van der Waals surface area contributed by atoms with Crippen molar-refractivity contribution in [3.63, 3.8) is 0 Å².